The average Bonchev–Trinajstić information content (AvgIpc) is 2.69. The van der Waals surface area contributed by atoms with E-state index in [4.69, 9.17) is 5.14 Å². The van der Waals surface area contributed by atoms with Crippen LogP contribution in [0.15, 0.2) is 35.7 Å². The number of aromatic nitrogens is 4. The first-order valence-corrected chi connectivity index (χ1v) is 5.48. The molecule has 0 fully saturated rings. The van der Waals surface area contributed by atoms with Gasteiger partial charge in [-0.25, -0.2) is 23.2 Å². The van der Waals surface area contributed by atoms with Crippen LogP contribution in [0.3, 0.4) is 0 Å². The van der Waals surface area contributed by atoms with Crippen molar-refractivity contribution in [3.05, 3.63) is 30.7 Å². The number of rotatable bonds is 2. The summed E-state index contributed by atoms with van der Waals surface area (Å²) in [5.74, 6) is 0. The van der Waals surface area contributed by atoms with Crippen molar-refractivity contribution >= 4 is 10.0 Å². The fourth-order valence-electron chi connectivity index (χ4n) is 1.11. The summed E-state index contributed by atoms with van der Waals surface area (Å²) < 4.78 is 23.7. The predicted octanol–water partition coefficient (Wildman–Crippen LogP) is -0.690. The SMILES string of the molecule is NS(=O)(=O)c1ncccc1-n1ccnn1. The predicted molar refractivity (Wildman–Crippen MR) is 50.5 cm³/mol. The topological polar surface area (TPSA) is 104 Å². The van der Waals surface area contributed by atoms with E-state index in [1.54, 1.807) is 12.1 Å². The number of nitrogens with two attached hydrogens (primary N) is 1. The van der Waals surface area contributed by atoms with Crippen molar-refractivity contribution in [2.24, 2.45) is 5.14 Å². The molecule has 0 saturated carbocycles. The molecule has 2 rings (SSSR count). The van der Waals surface area contributed by atoms with Crippen LogP contribution in [0.25, 0.3) is 5.69 Å². The zero-order valence-electron chi connectivity index (χ0n) is 7.48. The van der Waals surface area contributed by atoms with E-state index in [1.807, 2.05) is 0 Å². The second-order valence-corrected chi connectivity index (χ2v) is 4.20. The molecule has 0 aliphatic rings. The molecule has 0 saturated heterocycles. The molecule has 0 unspecified atom stereocenters. The van der Waals surface area contributed by atoms with Gasteiger partial charge in [-0.15, -0.1) is 5.10 Å². The van der Waals surface area contributed by atoms with Gasteiger partial charge in [-0.05, 0) is 12.1 Å². The number of primary sulfonamides is 1. The lowest BCUT2D eigenvalue weighted by Crippen LogP contribution is -2.17. The van der Waals surface area contributed by atoms with Crippen LogP contribution < -0.4 is 5.14 Å². The summed E-state index contributed by atoms with van der Waals surface area (Å²) in [7, 11) is -3.86. The second-order valence-electron chi connectivity index (χ2n) is 2.72. The van der Waals surface area contributed by atoms with Gasteiger partial charge in [0.2, 0.25) is 0 Å². The van der Waals surface area contributed by atoms with E-state index in [1.165, 1.54) is 23.3 Å². The maximum absolute atomic E-state index is 11.2. The van der Waals surface area contributed by atoms with Crippen LogP contribution in [-0.2, 0) is 10.0 Å². The summed E-state index contributed by atoms with van der Waals surface area (Å²) in [5.41, 5.74) is 0.275. The van der Waals surface area contributed by atoms with E-state index in [-0.39, 0.29) is 10.7 Å². The molecule has 8 heteroatoms. The Kier molecular flexibility index (Phi) is 2.21. The van der Waals surface area contributed by atoms with E-state index >= 15 is 0 Å². The Bertz CT molecular complexity index is 563. The van der Waals surface area contributed by atoms with Gasteiger partial charge in [0.05, 0.1) is 12.4 Å². The molecule has 0 aliphatic carbocycles. The summed E-state index contributed by atoms with van der Waals surface area (Å²) in [6.07, 6.45) is 4.28. The first-order chi connectivity index (χ1) is 7.09. The van der Waals surface area contributed by atoms with Gasteiger partial charge in [0, 0.05) is 6.20 Å². The first-order valence-electron chi connectivity index (χ1n) is 3.93. The molecule has 2 aromatic heterocycles. The molecule has 15 heavy (non-hydrogen) atoms. The number of hydrogen-bond acceptors (Lipinski definition) is 5. The van der Waals surface area contributed by atoms with Crippen molar-refractivity contribution in [3.8, 4) is 5.69 Å². The normalized spacial score (nSPS) is 11.5. The van der Waals surface area contributed by atoms with Crippen molar-refractivity contribution < 1.29 is 8.42 Å². The van der Waals surface area contributed by atoms with Crippen LogP contribution in [0.2, 0.25) is 0 Å². The summed E-state index contributed by atoms with van der Waals surface area (Å²) in [4.78, 5) is 3.70. The fourth-order valence-corrected chi connectivity index (χ4v) is 1.77. The van der Waals surface area contributed by atoms with Gasteiger partial charge in [-0.2, -0.15) is 0 Å². The van der Waals surface area contributed by atoms with Crippen LogP contribution in [-0.4, -0.2) is 28.4 Å². The molecule has 7 nitrogen and oxygen atoms in total. The highest BCUT2D eigenvalue weighted by molar-refractivity contribution is 7.89. The third-order valence-electron chi connectivity index (χ3n) is 1.69. The number of pyridine rings is 1. The van der Waals surface area contributed by atoms with E-state index in [0.717, 1.165) is 0 Å². The summed E-state index contributed by atoms with van der Waals surface area (Å²) in [6.45, 7) is 0. The number of sulfonamides is 1. The fraction of sp³-hybridized carbons (Fsp3) is 0. The smallest absolute Gasteiger partial charge is 0.242 e. The Morgan fingerprint density at radius 2 is 2.13 bits per heavy atom. The number of hydrogen-bond donors (Lipinski definition) is 1. The maximum Gasteiger partial charge on any atom is 0.257 e. The molecular weight excluding hydrogens is 218 g/mol. The highest BCUT2D eigenvalue weighted by Crippen LogP contribution is 2.13. The van der Waals surface area contributed by atoms with Crippen molar-refractivity contribution in [2.45, 2.75) is 5.03 Å². The molecule has 0 atom stereocenters. The quantitative estimate of drug-likeness (QED) is 0.728. The van der Waals surface area contributed by atoms with Crippen LogP contribution in [0, 0.1) is 0 Å². The lowest BCUT2D eigenvalue weighted by Gasteiger charge is -2.04. The van der Waals surface area contributed by atoms with Gasteiger partial charge >= 0.3 is 0 Å². The minimum absolute atomic E-state index is 0.226. The maximum atomic E-state index is 11.2. The molecule has 0 radical (unpaired) electrons. The standard InChI is InChI=1S/C7H7N5O2S/c8-15(13,14)7-6(2-1-3-9-7)12-5-4-10-11-12/h1-5H,(H2,8,13,14). The highest BCUT2D eigenvalue weighted by atomic mass is 32.2. The molecule has 0 aliphatic heterocycles. The zero-order chi connectivity index (χ0) is 10.9. The molecule has 2 aromatic rings. The lowest BCUT2D eigenvalue weighted by atomic mass is 10.4. The summed E-state index contributed by atoms with van der Waals surface area (Å²) >= 11 is 0. The van der Waals surface area contributed by atoms with Crippen LogP contribution in [0.4, 0.5) is 0 Å². The Hall–Kier alpha value is -1.80. The minimum atomic E-state index is -3.86. The van der Waals surface area contributed by atoms with Gasteiger partial charge in [-0.3, -0.25) is 0 Å². The van der Waals surface area contributed by atoms with Crippen molar-refractivity contribution in [3.63, 3.8) is 0 Å². The molecule has 2 N–H and O–H groups in total. The monoisotopic (exact) mass is 225 g/mol. The van der Waals surface area contributed by atoms with Crippen LogP contribution >= 0.6 is 0 Å². The number of nitrogens with zero attached hydrogens (tertiary/aromatic N) is 4. The van der Waals surface area contributed by atoms with E-state index in [0.29, 0.717) is 0 Å². The zero-order valence-corrected chi connectivity index (χ0v) is 8.29. The average molecular weight is 225 g/mol. The Labute approximate surface area is 85.6 Å². The van der Waals surface area contributed by atoms with Crippen LogP contribution in [0.1, 0.15) is 0 Å². The van der Waals surface area contributed by atoms with Crippen molar-refractivity contribution in [2.75, 3.05) is 0 Å². The first kappa shape index (κ1) is 9.74. The van der Waals surface area contributed by atoms with Gasteiger partial charge in [0.15, 0.2) is 5.03 Å². The molecule has 0 spiro atoms. The third kappa shape index (κ3) is 1.85. The molecule has 0 aromatic carbocycles. The highest BCUT2D eigenvalue weighted by Gasteiger charge is 2.16. The van der Waals surface area contributed by atoms with Gasteiger partial charge < -0.3 is 0 Å². The largest absolute Gasteiger partial charge is 0.257 e. The van der Waals surface area contributed by atoms with Gasteiger partial charge in [-0.1, -0.05) is 5.21 Å². The van der Waals surface area contributed by atoms with Crippen molar-refractivity contribution in [1.82, 2.24) is 20.0 Å². The Morgan fingerprint density at radius 1 is 1.33 bits per heavy atom. The molecule has 78 valence electrons. The molecule has 0 bridgehead atoms. The Balaban J connectivity index is 2.68. The molecular formula is C7H7N5O2S. The lowest BCUT2D eigenvalue weighted by molar-refractivity contribution is 0.592. The van der Waals surface area contributed by atoms with Crippen molar-refractivity contribution in [1.29, 1.82) is 0 Å². The van der Waals surface area contributed by atoms with Gasteiger partial charge in [0.1, 0.15) is 5.69 Å². The molecule has 2 heterocycles. The third-order valence-corrected chi connectivity index (χ3v) is 2.54. The van der Waals surface area contributed by atoms with Gasteiger partial charge in [0.25, 0.3) is 10.0 Å². The minimum Gasteiger partial charge on any atom is -0.242 e. The van der Waals surface area contributed by atoms with E-state index < -0.39 is 10.0 Å². The summed E-state index contributed by atoms with van der Waals surface area (Å²) in [6, 6.07) is 3.13. The molecule has 0 amide bonds. The van der Waals surface area contributed by atoms with E-state index in [9.17, 15) is 8.42 Å². The van der Waals surface area contributed by atoms with Crippen LogP contribution in [0.5, 0.6) is 0 Å². The Morgan fingerprint density at radius 3 is 2.73 bits per heavy atom. The summed E-state index contributed by atoms with van der Waals surface area (Å²) in [5, 5.41) is 12.0. The second kappa shape index (κ2) is 3.41. The van der Waals surface area contributed by atoms with E-state index in [2.05, 4.69) is 15.3 Å².